The van der Waals surface area contributed by atoms with Gasteiger partial charge in [-0.2, -0.15) is 0 Å². The third kappa shape index (κ3) is 6.12. The van der Waals surface area contributed by atoms with Crippen LogP contribution in [0.2, 0.25) is 0 Å². The Hall–Kier alpha value is -6.74. The summed E-state index contributed by atoms with van der Waals surface area (Å²) in [4.78, 5) is 2.56. The molecule has 9 aromatic carbocycles. The van der Waals surface area contributed by atoms with Gasteiger partial charge in [0.05, 0.1) is 11.4 Å². The first-order valence-electron chi connectivity index (χ1n) is 21.4. The summed E-state index contributed by atoms with van der Waals surface area (Å²) >= 11 is 1.90. The highest BCUT2D eigenvalue weighted by Crippen LogP contribution is 2.54. The van der Waals surface area contributed by atoms with Gasteiger partial charge in [-0.15, -0.1) is 11.3 Å². The first kappa shape index (κ1) is 37.3. The van der Waals surface area contributed by atoms with E-state index in [1.807, 2.05) is 11.3 Å². The molecule has 1 aromatic heterocycles. The van der Waals surface area contributed by atoms with Crippen LogP contribution in [-0.4, -0.2) is 0 Å². The minimum atomic E-state index is -0.159. The molecule has 2 heteroatoms. The van der Waals surface area contributed by atoms with Crippen molar-refractivity contribution in [3.63, 3.8) is 0 Å². The number of thiophene rings is 1. The number of anilines is 3. The molecule has 1 aliphatic rings. The normalized spacial score (nSPS) is 13.1. The predicted molar refractivity (Wildman–Crippen MR) is 264 cm³/mol. The third-order valence-electron chi connectivity index (χ3n) is 13.1. The van der Waals surface area contributed by atoms with Crippen LogP contribution in [0.4, 0.5) is 17.1 Å². The molecule has 11 rings (SSSR count). The van der Waals surface area contributed by atoms with Crippen LogP contribution in [-0.2, 0) is 10.8 Å². The molecule has 0 radical (unpaired) electrons. The number of hydrogen-bond donors (Lipinski definition) is 0. The maximum Gasteiger partial charge on any atom is 0.0547 e. The van der Waals surface area contributed by atoms with Crippen molar-refractivity contribution in [1.29, 1.82) is 0 Å². The monoisotopic (exact) mass is 801 g/mol. The van der Waals surface area contributed by atoms with E-state index in [-0.39, 0.29) is 10.8 Å². The van der Waals surface area contributed by atoms with Gasteiger partial charge in [0.2, 0.25) is 0 Å². The molecule has 0 atom stereocenters. The van der Waals surface area contributed by atoms with Crippen LogP contribution >= 0.6 is 11.3 Å². The molecular weight excluding hydrogens is 755 g/mol. The summed E-state index contributed by atoms with van der Waals surface area (Å²) < 4.78 is 2.62. The minimum absolute atomic E-state index is 0.0849. The molecule has 1 aliphatic carbocycles. The first-order chi connectivity index (χ1) is 29.6. The van der Waals surface area contributed by atoms with Crippen molar-refractivity contribution in [3.05, 3.63) is 211 Å². The fourth-order valence-corrected chi connectivity index (χ4v) is 11.1. The molecule has 0 aliphatic heterocycles. The maximum absolute atomic E-state index is 2.56. The van der Waals surface area contributed by atoms with Crippen LogP contribution in [0.15, 0.2) is 194 Å². The SMILES string of the molecule is CC(C)(C)c1ccc(-c2ccc(N(c3ccc4c(c3)C(C)(C)c3ccccc3-4)c3ccc4ccccc4c3-c3cccc4c3sc3ccccc34)c(-c3ccccc3)c2)cc1. The van der Waals surface area contributed by atoms with E-state index in [4.69, 9.17) is 0 Å². The fourth-order valence-electron chi connectivity index (χ4n) is 9.83. The van der Waals surface area contributed by atoms with Crippen LogP contribution in [0.1, 0.15) is 51.3 Å². The highest BCUT2D eigenvalue weighted by atomic mass is 32.1. The second-order valence-corrected chi connectivity index (χ2v) is 19.2. The topological polar surface area (TPSA) is 3.24 Å². The zero-order valence-corrected chi connectivity index (χ0v) is 36.1. The van der Waals surface area contributed by atoms with E-state index in [0.717, 1.165) is 17.1 Å². The quantitative estimate of drug-likeness (QED) is 0.162. The van der Waals surface area contributed by atoms with Gasteiger partial charge in [-0.1, -0.05) is 192 Å². The summed E-state index contributed by atoms with van der Waals surface area (Å²) in [6, 6.07) is 72.6. The molecule has 61 heavy (non-hydrogen) atoms. The Morgan fingerprint density at radius 1 is 0.443 bits per heavy atom. The van der Waals surface area contributed by atoms with E-state index in [1.165, 1.54) is 92.1 Å². The Bertz CT molecular complexity index is 3310. The number of hydrogen-bond acceptors (Lipinski definition) is 2. The Kier molecular flexibility index (Phi) is 8.67. The molecule has 10 aromatic rings. The third-order valence-corrected chi connectivity index (χ3v) is 14.3. The molecule has 0 spiro atoms. The van der Waals surface area contributed by atoms with Gasteiger partial charge in [0.25, 0.3) is 0 Å². The average molecular weight is 802 g/mol. The van der Waals surface area contributed by atoms with Crippen LogP contribution < -0.4 is 4.90 Å². The summed E-state index contributed by atoms with van der Waals surface area (Å²) in [5.74, 6) is 0. The van der Waals surface area contributed by atoms with Crippen LogP contribution in [0.3, 0.4) is 0 Å². The maximum atomic E-state index is 2.56. The number of nitrogens with zero attached hydrogens (tertiary/aromatic N) is 1. The van der Waals surface area contributed by atoms with E-state index in [9.17, 15) is 0 Å². The zero-order chi connectivity index (χ0) is 41.5. The molecule has 0 amide bonds. The summed E-state index contributed by atoms with van der Waals surface area (Å²) in [5, 5.41) is 5.07. The molecule has 0 saturated heterocycles. The second-order valence-electron chi connectivity index (χ2n) is 18.1. The van der Waals surface area contributed by atoms with E-state index in [0.29, 0.717) is 0 Å². The van der Waals surface area contributed by atoms with Gasteiger partial charge in [0, 0.05) is 48.0 Å². The highest BCUT2D eigenvalue weighted by Gasteiger charge is 2.36. The number of benzene rings is 9. The van der Waals surface area contributed by atoms with Gasteiger partial charge in [-0.25, -0.2) is 0 Å². The molecule has 0 fully saturated rings. The largest absolute Gasteiger partial charge is 0.309 e. The van der Waals surface area contributed by atoms with Crippen molar-refractivity contribution in [2.45, 2.75) is 45.4 Å². The van der Waals surface area contributed by atoms with Crippen molar-refractivity contribution in [1.82, 2.24) is 0 Å². The summed E-state index contributed by atoms with van der Waals surface area (Å²) in [5.41, 5.74) is 17.3. The molecule has 0 N–H and O–H groups in total. The standard InChI is InChI=1S/C59H47NS/c1-58(2,3)42-30-26-38(27-31-42)41-29-34-53(50(36-41)39-16-7-6-8-17-39)60(43-32-33-46-45-20-11-13-24-51(45)59(4,5)52(46)37-43)54-35-28-40-18-9-10-19-44(40)56(54)49-23-15-22-48-47-21-12-14-25-55(47)61-57(48)49/h6-37H,1-5H3. The lowest BCUT2D eigenvalue weighted by atomic mass is 9.82. The van der Waals surface area contributed by atoms with Crippen LogP contribution in [0, 0.1) is 0 Å². The van der Waals surface area contributed by atoms with Crippen molar-refractivity contribution >= 4 is 59.3 Å². The lowest BCUT2D eigenvalue weighted by Crippen LogP contribution is -2.17. The summed E-state index contributed by atoms with van der Waals surface area (Å²) in [6.45, 7) is 11.6. The van der Waals surface area contributed by atoms with Gasteiger partial charge >= 0.3 is 0 Å². The minimum Gasteiger partial charge on any atom is -0.309 e. The fraction of sp³-hybridized carbons (Fsp3) is 0.119. The van der Waals surface area contributed by atoms with Gasteiger partial charge < -0.3 is 4.90 Å². The van der Waals surface area contributed by atoms with Crippen molar-refractivity contribution < 1.29 is 0 Å². The Labute approximate surface area is 363 Å². The number of rotatable bonds is 6. The smallest absolute Gasteiger partial charge is 0.0547 e. The van der Waals surface area contributed by atoms with Crippen molar-refractivity contribution in [2.75, 3.05) is 4.90 Å². The molecule has 0 bridgehead atoms. The molecule has 294 valence electrons. The summed E-state index contributed by atoms with van der Waals surface area (Å²) in [6.07, 6.45) is 0. The van der Waals surface area contributed by atoms with E-state index in [2.05, 4.69) is 234 Å². The van der Waals surface area contributed by atoms with Gasteiger partial charge in [0.15, 0.2) is 0 Å². The van der Waals surface area contributed by atoms with Gasteiger partial charge in [0.1, 0.15) is 0 Å². The van der Waals surface area contributed by atoms with E-state index >= 15 is 0 Å². The average Bonchev–Trinajstić information content (AvgIpc) is 3.78. The lowest BCUT2D eigenvalue weighted by molar-refractivity contribution is 0.590. The lowest BCUT2D eigenvalue weighted by Gasteiger charge is -2.32. The highest BCUT2D eigenvalue weighted by molar-refractivity contribution is 7.26. The zero-order valence-electron chi connectivity index (χ0n) is 35.3. The van der Waals surface area contributed by atoms with Crippen molar-refractivity contribution in [2.24, 2.45) is 0 Å². The van der Waals surface area contributed by atoms with Crippen molar-refractivity contribution in [3.8, 4) is 44.5 Å². The van der Waals surface area contributed by atoms with Gasteiger partial charge in [-0.05, 0) is 97.1 Å². The van der Waals surface area contributed by atoms with E-state index in [1.54, 1.807) is 0 Å². The molecule has 1 heterocycles. The Balaban J connectivity index is 1.22. The Morgan fingerprint density at radius 2 is 1.10 bits per heavy atom. The first-order valence-corrected chi connectivity index (χ1v) is 22.2. The molecule has 0 saturated carbocycles. The Morgan fingerprint density at radius 3 is 1.92 bits per heavy atom. The number of fused-ring (bicyclic) bond motifs is 7. The predicted octanol–water partition coefficient (Wildman–Crippen LogP) is 17.3. The second kappa shape index (κ2) is 14.2. The summed E-state index contributed by atoms with van der Waals surface area (Å²) in [7, 11) is 0. The molecule has 0 unspecified atom stereocenters. The van der Waals surface area contributed by atoms with E-state index < -0.39 is 0 Å². The molecule has 1 nitrogen and oxygen atoms in total. The van der Waals surface area contributed by atoms with Gasteiger partial charge in [-0.3, -0.25) is 0 Å². The van der Waals surface area contributed by atoms with Crippen LogP contribution in [0.5, 0.6) is 0 Å². The molecular formula is C59H47NS. The van der Waals surface area contributed by atoms with Crippen LogP contribution in [0.25, 0.3) is 75.5 Å².